The van der Waals surface area contributed by atoms with Gasteiger partial charge in [-0.2, -0.15) is 0 Å². The lowest BCUT2D eigenvalue weighted by molar-refractivity contribution is 0.102. The van der Waals surface area contributed by atoms with E-state index in [-0.39, 0.29) is 11.7 Å². The maximum absolute atomic E-state index is 13.1. The molecule has 0 aliphatic rings. The summed E-state index contributed by atoms with van der Waals surface area (Å²) in [6, 6.07) is 7.60. The summed E-state index contributed by atoms with van der Waals surface area (Å²) in [4.78, 5) is 18.4. The molecule has 5 heteroatoms. The van der Waals surface area contributed by atoms with Crippen molar-refractivity contribution in [3.63, 3.8) is 0 Å². The first-order valence-electron chi connectivity index (χ1n) is 7.33. The standard InChI is InChI=1S/C17H20FN3O/c1-3-4-8-21(2)16-9-13(11-19-12-16)17(22)20-15-7-5-6-14(18)10-15/h5-7,9-12H,3-4,8H2,1-2H3,(H,20,22). The predicted molar refractivity (Wildman–Crippen MR) is 86.8 cm³/mol. The maximum atomic E-state index is 13.1. The molecule has 1 heterocycles. The van der Waals surface area contributed by atoms with Gasteiger partial charge in [0.1, 0.15) is 5.82 Å². The Hall–Kier alpha value is -2.43. The third-order valence-electron chi connectivity index (χ3n) is 3.36. The van der Waals surface area contributed by atoms with E-state index in [9.17, 15) is 9.18 Å². The molecule has 2 aromatic rings. The highest BCUT2D eigenvalue weighted by Crippen LogP contribution is 2.16. The van der Waals surface area contributed by atoms with E-state index in [1.807, 2.05) is 7.05 Å². The van der Waals surface area contributed by atoms with Crippen molar-refractivity contribution in [1.29, 1.82) is 0 Å². The minimum Gasteiger partial charge on any atom is -0.373 e. The van der Waals surface area contributed by atoms with Crippen LogP contribution in [0, 0.1) is 5.82 Å². The van der Waals surface area contributed by atoms with E-state index >= 15 is 0 Å². The van der Waals surface area contributed by atoms with Gasteiger partial charge < -0.3 is 10.2 Å². The fraction of sp³-hybridized carbons (Fsp3) is 0.294. The largest absolute Gasteiger partial charge is 0.373 e. The number of hydrogen-bond donors (Lipinski definition) is 1. The van der Waals surface area contributed by atoms with Crippen molar-refractivity contribution < 1.29 is 9.18 Å². The van der Waals surface area contributed by atoms with Gasteiger partial charge in [0.15, 0.2) is 0 Å². The number of benzene rings is 1. The Morgan fingerprint density at radius 1 is 1.32 bits per heavy atom. The molecule has 0 spiro atoms. The summed E-state index contributed by atoms with van der Waals surface area (Å²) < 4.78 is 13.1. The van der Waals surface area contributed by atoms with Crippen molar-refractivity contribution in [3.8, 4) is 0 Å². The topological polar surface area (TPSA) is 45.2 Å². The molecule has 1 aromatic heterocycles. The average Bonchev–Trinajstić information content (AvgIpc) is 2.52. The van der Waals surface area contributed by atoms with E-state index in [1.54, 1.807) is 24.4 Å². The van der Waals surface area contributed by atoms with E-state index in [0.29, 0.717) is 11.3 Å². The van der Waals surface area contributed by atoms with Gasteiger partial charge in [0.25, 0.3) is 5.91 Å². The van der Waals surface area contributed by atoms with Crippen LogP contribution in [0.3, 0.4) is 0 Å². The lowest BCUT2D eigenvalue weighted by atomic mass is 10.2. The molecule has 1 aromatic carbocycles. The molecule has 0 fully saturated rings. The highest BCUT2D eigenvalue weighted by atomic mass is 19.1. The molecule has 0 aliphatic heterocycles. The van der Waals surface area contributed by atoms with Gasteiger partial charge in [0.2, 0.25) is 0 Å². The zero-order chi connectivity index (χ0) is 15.9. The second kappa shape index (κ2) is 7.54. The van der Waals surface area contributed by atoms with Crippen LogP contribution in [0.4, 0.5) is 15.8 Å². The molecular weight excluding hydrogens is 281 g/mol. The van der Waals surface area contributed by atoms with Crippen LogP contribution in [-0.4, -0.2) is 24.5 Å². The monoisotopic (exact) mass is 301 g/mol. The molecular formula is C17H20FN3O. The second-order valence-corrected chi connectivity index (χ2v) is 5.17. The Morgan fingerprint density at radius 3 is 2.86 bits per heavy atom. The Bertz CT molecular complexity index is 645. The van der Waals surface area contributed by atoms with Crippen LogP contribution in [-0.2, 0) is 0 Å². The number of anilines is 2. The predicted octanol–water partition coefficient (Wildman–Crippen LogP) is 3.71. The molecule has 0 bridgehead atoms. The zero-order valence-corrected chi connectivity index (χ0v) is 12.8. The number of amides is 1. The van der Waals surface area contributed by atoms with Crippen molar-refractivity contribution in [2.24, 2.45) is 0 Å². The number of hydrogen-bond acceptors (Lipinski definition) is 3. The van der Waals surface area contributed by atoms with Gasteiger partial charge >= 0.3 is 0 Å². The van der Waals surface area contributed by atoms with Crippen LogP contribution >= 0.6 is 0 Å². The van der Waals surface area contributed by atoms with Crippen LogP contribution < -0.4 is 10.2 Å². The fourth-order valence-corrected chi connectivity index (χ4v) is 2.05. The van der Waals surface area contributed by atoms with E-state index in [2.05, 4.69) is 22.1 Å². The van der Waals surface area contributed by atoms with Crippen molar-refractivity contribution in [3.05, 3.63) is 54.1 Å². The van der Waals surface area contributed by atoms with Crippen molar-refractivity contribution in [2.75, 3.05) is 23.8 Å². The Kier molecular flexibility index (Phi) is 5.47. The summed E-state index contributed by atoms with van der Waals surface area (Å²) in [6.07, 6.45) is 5.42. The summed E-state index contributed by atoms with van der Waals surface area (Å²) in [5.41, 5.74) is 1.76. The molecule has 1 amide bonds. The summed E-state index contributed by atoms with van der Waals surface area (Å²) in [6.45, 7) is 3.04. The van der Waals surface area contributed by atoms with E-state index in [4.69, 9.17) is 0 Å². The quantitative estimate of drug-likeness (QED) is 0.884. The molecule has 0 unspecified atom stereocenters. The molecule has 0 saturated heterocycles. The second-order valence-electron chi connectivity index (χ2n) is 5.17. The van der Waals surface area contributed by atoms with Gasteiger partial charge in [-0.1, -0.05) is 19.4 Å². The van der Waals surface area contributed by atoms with Gasteiger partial charge in [-0.05, 0) is 30.7 Å². The van der Waals surface area contributed by atoms with E-state index < -0.39 is 0 Å². The summed E-state index contributed by atoms with van der Waals surface area (Å²) in [5.74, 6) is -0.687. The van der Waals surface area contributed by atoms with Crippen LogP contribution in [0.25, 0.3) is 0 Å². The molecule has 0 atom stereocenters. The van der Waals surface area contributed by atoms with Gasteiger partial charge in [-0.25, -0.2) is 4.39 Å². The minimum absolute atomic E-state index is 0.302. The number of carbonyl (C=O) groups is 1. The number of nitrogens with one attached hydrogen (secondary N) is 1. The van der Waals surface area contributed by atoms with Crippen LogP contribution in [0.1, 0.15) is 30.1 Å². The van der Waals surface area contributed by atoms with Crippen LogP contribution in [0.15, 0.2) is 42.7 Å². The number of carbonyl (C=O) groups excluding carboxylic acids is 1. The maximum Gasteiger partial charge on any atom is 0.257 e. The van der Waals surface area contributed by atoms with Crippen molar-refractivity contribution in [2.45, 2.75) is 19.8 Å². The number of unbranched alkanes of at least 4 members (excludes halogenated alkanes) is 1. The van der Waals surface area contributed by atoms with Crippen molar-refractivity contribution >= 4 is 17.3 Å². The molecule has 0 aliphatic carbocycles. The first kappa shape index (κ1) is 15.9. The van der Waals surface area contributed by atoms with Crippen molar-refractivity contribution in [1.82, 2.24) is 4.98 Å². The molecule has 22 heavy (non-hydrogen) atoms. The van der Waals surface area contributed by atoms with Crippen LogP contribution in [0.5, 0.6) is 0 Å². The van der Waals surface area contributed by atoms with E-state index in [0.717, 1.165) is 25.1 Å². The van der Waals surface area contributed by atoms with Gasteiger partial charge in [-0.3, -0.25) is 9.78 Å². The third kappa shape index (κ3) is 4.28. The number of pyridine rings is 1. The number of nitrogens with zero attached hydrogens (tertiary/aromatic N) is 2. The highest BCUT2D eigenvalue weighted by Gasteiger charge is 2.09. The first-order chi connectivity index (χ1) is 10.6. The molecule has 116 valence electrons. The molecule has 4 nitrogen and oxygen atoms in total. The average molecular weight is 301 g/mol. The molecule has 2 rings (SSSR count). The fourth-order valence-electron chi connectivity index (χ4n) is 2.05. The summed E-state index contributed by atoms with van der Waals surface area (Å²) in [7, 11) is 1.97. The number of rotatable bonds is 6. The number of aromatic nitrogens is 1. The third-order valence-corrected chi connectivity index (χ3v) is 3.36. The summed E-state index contributed by atoms with van der Waals surface area (Å²) in [5, 5.41) is 2.67. The normalized spacial score (nSPS) is 10.3. The van der Waals surface area contributed by atoms with Gasteiger partial charge in [0, 0.05) is 25.5 Å². The van der Waals surface area contributed by atoms with Crippen LogP contribution in [0.2, 0.25) is 0 Å². The minimum atomic E-state index is -0.385. The molecule has 1 N–H and O–H groups in total. The van der Waals surface area contributed by atoms with Gasteiger partial charge in [-0.15, -0.1) is 0 Å². The highest BCUT2D eigenvalue weighted by molar-refractivity contribution is 6.04. The lowest BCUT2D eigenvalue weighted by Gasteiger charge is -2.19. The SMILES string of the molecule is CCCCN(C)c1cncc(C(=O)Nc2cccc(F)c2)c1. The molecule has 0 saturated carbocycles. The summed E-state index contributed by atoms with van der Waals surface area (Å²) >= 11 is 0. The van der Waals surface area contributed by atoms with E-state index in [1.165, 1.54) is 18.3 Å². The smallest absolute Gasteiger partial charge is 0.257 e. The zero-order valence-electron chi connectivity index (χ0n) is 12.8. The Labute approximate surface area is 130 Å². The first-order valence-corrected chi connectivity index (χ1v) is 7.33. The Balaban J connectivity index is 2.10. The van der Waals surface area contributed by atoms with Gasteiger partial charge in [0.05, 0.1) is 17.4 Å². The number of halogens is 1. The molecule has 0 radical (unpaired) electrons. The Morgan fingerprint density at radius 2 is 2.14 bits per heavy atom. The lowest BCUT2D eigenvalue weighted by Crippen LogP contribution is -2.19.